The number of hydrogen-bond acceptors (Lipinski definition) is 10. The molecule has 0 radical (unpaired) electrons. The molecule has 0 saturated heterocycles. The lowest BCUT2D eigenvalue weighted by Gasteiger charge is -2.55. The summed E-state index contributed by atoms with van der Waals surface area (Å²) in [7, 11) is 0.595. The van der Waals surface area contributed by atoms with E-state index >= 15 is 4.57 Å². The number of ether oxygens (including phenoxy) is 3. The van der Waals surface area contributed by atoms with Crippen molar-refractivity contribution >= 4 is 25.1 Å². The van der Waals surface area contributed by atoms with Gasteiger partial charge in [-0.25, -0.2) is 0 Å². The van der Waals surface area contributed by atoms with E-state index in [4.69, 9.17) is 27.8 Å². The van der Waals surface area contributed by atoms with Gasteiger partial charge in [0.05, 0.1) is 38.1 Å². The molecule has 344 valence electrons. The normalized spacial score (nSPS) is 37.5. The van der Waals surface area contributed by atoms with Crippen LogP contribution < -0.4 is 13.6 Å². The number of methoxy groups -OCH3 is 3. The molecule has 65 heavy (non-hydrogen) atoms. The van der Waals surface area contributed by atoms with E-state index in [2.05, 4.69) is 0 Å². The molecule has 3 aromatic carbocycles. The first-order valence-electron chi connectivity index (χ1n) is 24.3. The topological polar surface area (TPSA) is 133 Å². The fourth-order valence-corrected chi connectivity index (χ4v) is 17.3. The minimum Gasteiger partial charge on any atom is -0.496 e. The third-order valence-corrected chi connectivity index (χ3v) is 18.8. The number of phosphoric acid groups is 1. The highest BCUT2D eigenvalue weighted by Gasteiger charge is 2.56. The number of rotatable bonds is 12. The molecule has 10 nitrogen and oxygen atoms in total. The van der Waals surface area contributed by atoms with Crippen LogP contribution in [0.4, 0.5) is 0 Å². The van der Waals surface area contributed by atoms with Gasteiger partial charge in [0.2, 0.25) is 0 Å². The Morgan fingerprint density at radius 2 is 0.708 bits per heavy atom. The molecule has 0 spiro atoms. The van der Waals surface area contributed by atoms with E-state index in [0.717, 1.165) is 130 Å². The van der Waals surface area contributed by atoms with Gasteiger partial charge in [-0.2, -0.15) is 4.57 Å². The molecule has 12 aliphatic carbocycles. The second kappa shape index (κ2) is 15.4. The first-order valence-corrected chi connectivity index (χ1v) is 25.8. The largest absolute Gasteiger partial charge is 0.647 e. The van der Waals surface area contributed by atoms with Gasteiger partial charge in [-0.3, -0.25) is 0 Å². The van der Waals surface area contributed by atoms with E-state index in [0.29, 0.717) is 35.0 Å². The predicted octanol–water partition coefficient (Wildman–Crippen LogP) is 11.1. The molecule has 0 aliphatic heterocycles. The second-order valence-corrected chi connectivity index (χ2v) is 23.4. The smallest absolute Gasteiger partial charge is 0.496 e. The summed E-state index contributed by atoms with van der Waals surface area (Å²) < 4.78 is 53.5. The Morgan fingerprint density at radius 3 is 0.938 bits per heavy atom. The number of phosphoric ester groups is 1. The zero-order valence-corrected chi connectivity index (χ0v) is 38.8. The highest BCUT2D eigenvalue weighted by Crippen LogP contribution is 2.63. The minimum absolute atomic E-state index is 0.259. The van der Waals surface area contributed by atoms with Crippen LogP contribution in [0.2, 0.25) is 0 Å². The van der Waals surface area contributed by atoms with Crippen LogP contribution >= 0.6 is 7.82 Å². The maximum absolute atomic E-state index is 15.5. The monoisotopic (exact) mass is 902 g/mol. The predicted molar refractivity (Wildman–Crippen MR) is 246 cm³/mol. The number of allylic oxidation sites excluding steroid dienone is 3. The van der Waals surface area contributed by atoms with Gasteiger partial charge in [-0.1, -0.05) is 36.4 Å². The van der Waals surface area contributed by atoms with Crippen molar-refractivity contribution in [3.8, 4) is 17.2 Å². The number of hydrogen-bond donors (Lipinski definition) is 3. The Bertz CT molecular complexity index is 2230. The maximum Gasteiger partial charge on any atom is 0.647 e. The third-order valence-electron chi connectivity index (χ3n) is 17.4. The number of aliphatic hydroxyl groups is 3. The first kappa shape index (κ1) is 42.2. The molecule has 12 aliphatic rings. The van der Waals surface area contributed by atoms with Gasteiger partial charge >= 0.3 is 7.82 Å². The Hall–Kier alpha value is -4.21. The lowest BCUT2D eigenvalue weighted by atomic mass is 9.52. The van der Waals surface area contributed by atoms with E-state index < -0.39 is 24.6 Å². The molecule has 12 bridgehead atoms. The molecule has 3 aromatic rings. The quantitative estimate of drug-likeness (QED) is 0.119. The van der Waals surface area contributed by atoms with Gasteiger partial charge in [0.25, 0.3) is 0 Å². The van der Waals surface area contributed by atoms with Crippen molar-refractivity contribution in [2.75, 3.05) is 21.3 Å². The maximum atomic E-state index is 15.5. The third kappa shape index (κ3) is 7.44. The van der Waals surface area contributed by atoms with Crippen LogP contribution in [-0.2, 0) is 18.8 Å². The lowest BCUT2D eigenvalue weighted by molar-refractivity contribution is -0.101. The molecule has 11 heteroatoms. The van der Waals surface area contributed by atoms with Crippen molar-refractivity contribution in [2.45, 2.75) is 113 Å². The van der Waals surface area contributed by atoms with Crippen LogP contribution in [0.15, 0.2) is 89.5 Å². The van der Waals surface area contributed by atoms with Crippen LogP contribution in [-0.4, -0.2) is 53.5 Å². The fraction of sp³-hybridized carbons (Fsp3) is 0.556. The molecule has 15 rings (SSSR count). The summed E-state index contributed by atoms with van der Waals surface area (Å²) in [5.41, 5.74) is 4.46. The Balaban J connectivity index is 0.891. The fourth-order valence-electron chi connectivity index (χ4n) is 16.1. The standard InChI is InChI=1S/C54H63O10P/c1-59-49(46-37-13-31-14-38(46)26-52(55,22-31)25-37)34-7-4-10-43(19-34)62-65(58,63-44-11-5-8-35(20-44)50(60-2)47-39-15-32-16-40(47)28-53(56,23-32)27-39)64-45-12-6-9-36(21-45)51(61-3)48-41-17-33-18-42(48)30-54(57,24-33)29-41/h4-12,19-21,31-33,37-42,55-57H,13-18,22-30H2,1-3H3. The Kier molecular flexibility index (Phi) is 10.00. The summed E-state index contributed by atoms with van der Waals surface area (Å²) in [5, 5.41) is 34.1. The lowest BCUT2D eigenvalue weighted by Crippen LogP contribution is -2.51. The van der Waals surface area contributed by atoms with Crippen molar-refractivity contribution in [1.29, 1.82) is 0 Å². The van der Waals surface area contributed by atoms with E-state index in [9.17, 15) is 15.3 Å². The zero-order valence-electron chi connectivity index (χ0n) is 37.9. The molecule has 3 N–H and O–H groups in total. The summed E-state index contributed by atoms with van der Waals surface area (Å²) >= 11 is 0. The van der Waals surface area contributed by atoms with E-state index in [1.54, 1.807) is 39.5 Å². The van der Waals surface area contributed by atoms with Gasteiger partial charge in [0.15, 0.2) is 0 Å². The summed E-state index contributed by atoms with van der Waals surface area (Å²) in [6.07, 6.45) is 13.6. The second-order valence-electron chi connectivity index (χ2n) is 22.0. The van der Waals surface area contributed by atoms with Crippen molar-refractivity contribution in [3.05, 3.63) is 106 Å². The van der Waals surface area contributed by atoms with Crippen molar-refractivity contribution in [1.82, 2.24) is 0 Å². The van der Waals surface area contributed by atoms with Crippen LogP contribution in [0.3, 0.4) is 0 Å². The highest BCUT2D eigenvalue weighted by molar-refractivity contribution is 7.49. The van der Waals surface area contributed by atoms with Gasteiger partial charge in [-0.15, -0.1) is 0 Å². The molecule has 0 heterocycles. The Morgan fingerprint density at radius 1 is 0.446 bits per heavy atom. The average molecular weight is 903 g/mol. The van der Waals surface area contributed by atoms with Crippen LogP contribution in [0.5, 0.6) is 17.2 Å². The van der Waals surface area contributed by atoms with Crippen LogP contribution in [0.25, 0.3) is 17.3 Å². The van der Waals surface area contributed by atoms with Gasteiger partial charge in [0.1, 0.15) is 34.5 Å². The molecule has 12 saturated carbocycles. The summed E-state index contributed by atoms with van der Waals surface area (Å²) in [4.78, 5) is 0. The van der Waals surface area contributed by atoms with Crippen molar-refractivity contribution in [2.24, 2.45) is 53.3 Å². The SMILES string of the molecule is COC(=C1C2CC3CC1CC(O)(C3)C2)c1cccc(OP(=O)(Oc2cccc(C(OC)=C3C4CC5CC3CC(O)(C5)C4)c2)Oc2cccc(C(OC)=C3C4CC5CC3CC(O)(C5)C4)c2)c1. The Labute approximate surface area is 382 Å². The number of benzene rings is 3. The molecule has 0 amide bonds. The van der Waals surface area contributed by atoms with Gasteiger partial charge < -0.3 is 43.1 Å². The molecular formula is C54H63O10P. The summed E-state index contributed by atoms with van der Waals surface area (Å²) in [6, 6.07) is 22.4. The molecule has 6 unspecified atom stereocenters. The van der Waals surface area contributed by atoms with Gasteiger partial charge in [0, 0.05) is 16.7 Å². The van der Waals surface area contributed by atoms with Crippen molar-refractivity contribution < 1.29 is 47.7 Å². The van der Waals surface area contributed by atoms with E-state index in [1.165, 1.54) is 16.7 Å². The minimum atomic E-state index is -4.52. The zero-order chi connectivity index (χ0) is 44.5. The van der Waals surface area contributed by atoms with Crippen molar-refractivity contribution in [3.63, 3.8) is 0 Å². The molecular weight excluding hydrogens is 840 g/mol. The van der Waals surface area contributed by atoms with E-state index in [1.807, 2.05) is 54.6 Å². The highest BCUT2D eigenvalue weighted by atomic mass is 31.2. The van der Waals surface area contributed by atoms with E-state index in [-0.39, 0.29) is 35.5 Å². The summed E-state index contributed by atoms with van der Waals surface area (Å²) in [5.74, 6) is 6.45. The van der Waals surface area contributed by atoms with Gasteiger partial charge in [-0.05, 0) is 203 Å². The molecule has 6 atom stereocenters. The van der Waals surface area contributed by atoms with Crippen LogP contribution in [0.1, 0.15) is 113 Å². The summed E-state index contributed by atoms with van der Waals surface area (Å²) in [6.45, 7) is 0. The molecule has 12 fully saturated rings. The van der Waals surface area contributed by atoms with Crippen LogP contribution in [0, 0.1) is 53.3 Å². The first-order chi connectivity index (χ1) is 31.3. The average Bonchev–Trinajstić information content (AvgIpc) is 3.23. The molecule has 0 aromatic heterocycles.